The van der Waals surface area contributed by atoms with E-state index >= 15 is 0 Å². The van der Waals surface area contributed by atoms with E-state index < -0.39 is 0 Å². The summed E-state index contributed by atoms with van der Waals surface area (Å²) in [6.45, 7) is 5.26. The summed E-state index contributed by atoms with van der Waals surface area (Å²) in [4.78, 5) is 4.48. The summed E-state index contributed by atoms with van der Waals surface area (Å²) >= 11 is 0. The van der Waals surface area contributed by atoms with E-state index in [0.29, 0.717) is 5.92 Å². The van der Waals surface area contributed by atoms with E-state index in [-0.39, 0.29) is 12.6 Å². The number of aliphatic hydroxyl groups is 1. The van der Waals surface area contributed by atoms with Crippen molar-refractivity contribution >= 4 is 0 Å². The Hall–Kier alpha value is -0.870. The lowest BCUT2D eigenvalue weighted by Crippen LogP contribution is -2.22. The highest BCUT2D eigenvalue weighted by atomic mass is 16.3. The molecule has 2 unspecified atom stereocenters. The van der Waals surface area contributed by atoms with Crippen LogP contribution in [0, 0.1) is 12.8 Å². The number of aryl methyl sites for hydroxylation is 1. The molecule has 1 aromatic rings. The number of nitrogens with two attached hydrogens (primary N) is 1. The summed E-state index contributed by atoms with van der Waals surface area (Å²) in [5, 5.41) is 9.09. The minimum atomic E-state index is -0.328. The molecule has 3 N–H and O–H groups in total. The molecule has 0 aliphatic carbocycles. The SMILES string of the molecule is Cc1nc(C(N)CO)c2n1CCC(C)C2. The van der Waals surface area contributed by atoms with Gasteiger partial charge in [0.15, 0.2) is 0 Å². The predicted octanol–water partition coefficient (Wildman–Crippen LogP) is 0.766. The molecule has 4 heteroatoms. The van der Waals surface area contributed by atoms with Crippen molar-refractivity contribution in [3.8, 4) is 0 Å². The molecule has 0 radical (unpaired) electrons. The average Bonchev–Trinajstić information content (AvgIpc) is 2.54. The van der Waals surface area contributed by atoms with Crippen LogP contribution in [0.4, 0.5) is 0 Å². The van der Waals surface area contributed by atoms with Crippen molar-refractivity contribution in [2.75, 3.05) is 6.61 Å². The lowest BCUT2D eigenvalue weighted by molar-refractivity contribution is 0.264. The van der Waals surface area contributed by atoms with Crippen LogP contribution >= 0.6 is 0 Å². The summed E-state index contributed by atoms with van der Waals surface area (Å²) in [7, 11) is 0. The minimum Gasteiger partial charge on any atom is -0.394 e. The van der Waals surface area contributed by atoms with E-state index in [2.05, 4.69) is 16.5 Å². The first kappa shape index (κ1) is 10.6. The van der Waals surface area contributed by atoms with Crippen molar-refractivity contribution in [3.63, 3.8) is 0 Å². The lowest BCUT2D eigenvalue weighted by atomic mass is 9.96. The van der Waals surface area contributed by atoms with Crippen LogP contribution < -0.4 is 5.73 Å². The van der Waals surface area contributed by atoms with E-state index in [1.54, 1.807) is 0 Å². The van der Waals surface area contributed by atoms with Gasteiger partial charge in [0.1, 0.15) is 5.82 Å². The van der Waals surface area contributed by atoms with Gasteiger partial charge in [-0.2, -0.15) is 0 Å². The van der Waals surface area contributed by atoms with Gasteiger partial charge >= 0.3 is 0 Å². The van der Waals surface area contributed by atoms with Crippen LogP contribution in [0.3, 0.4) is 0 Å². The Morgan fingerprint density at radius 3 is 3.07 bits per heavy atom. The standard InChI is InChI=1S/C11H19N3O/c1-7-3-4-14-8(2)13-11(9(12)6-15)10(14)5-7/h7,9,15H,3-6,12H2,1-2H3. The average molecular weight is 209 g/mol. The van der Waals surface area contributed by atoms with Crippen LogP contribution in [-0.2, 0) is 13.0 Å². The van der Waals surface area contributed by atoms with Gasteiger partial charge in [0.05, 0.1) is 18.3 Å². The van der Waals surface area contributed by atoms with Crippen molar-refractivity contribution in [2.45, 2.75) is 39.3 Å². The lowest BCUT2D eigenvalue weighted by Gasteiger charge is -2.23. The monoisotopic (exact) mass is 209 g/mol. The number of aliphatic hydroxyl groups excluding tert-OH is 1. The third kappa shape index (κ3) is 1.79. The minimum absolute atomic E-state index is 0.0299. The van der Waals surface area contributed by atoms with Crippen LogP contribution in [0.2, 0.25) is 0 Å². The summed E-state index contributed by atoms with van der Waals surface area (Å²) < 4.78 is 2.24. The van der Waals surface area contributed by atoms with Crippen molar-refractivity contribution in [1.29, 1.82) is 0 Å². The molecule has 0 saturated heterocycles. The number of imidazole rings is 1. The maximum atomic E-state index is 9.09. The van der Waals surface area contributed by atoms with Gasteiger partial charge in [0.25, 0.3) is 0 Å². The van der Waals surface area contributed by atoms with Gasteiger partial charge in [-0.15, -0.1) is 0 Å². The van der Waals surface area contributed by atoms with Gasteiger partial charge in [-0.25, -0.2) is 4.98 Å². The Labute approximate surface area is 90.1 Å². The Morgan fingerprint density at radius 1 is 1.67 bits per heavy atom. The number of rotatable bonds is 2. The number of hydrogen-bond donors (Lipinski definition) is 2. The quantitative estimate of drug-likeness (QED) is 0.756. The van der Waals surface area contributed by atoms with Crippen LogP contribution in [0.15, 0.2) is 0 Å². The molecule has 1 aromatic heterocycles. The molecular weight excluding hydrogens is 190 g/mol. The van der Waals surface area contributed by atoms with Crippen LogP contribution in [0.1, 0.15) is 36.6 Å². The van der Waals surface area contributed by atoms with Gasteiger partial charge in [-0.3, -0.25) is 0 Å². The number of aromatic nitrogens is 2. The molecule has 84 valence electrons. The van der Waals surface area contributed by atoms with E-state index in [1.165, 1.54) is 12.1 Å². The van der Waals surface area contributed by atoms with Crippen molar-refractivity contribution < 1.29 is 5.11 Å². The van der Waals surface area contributed by atoms with Crippen molar-refractivity contribution in [2.24, 2.45) is 11.7 Å². The zero-order valence-electron chi connectivity index (χ0n) is 9.40. The van der Waals surface area contributed by atoms with Gasteiger partial charge in [-0.1, -0.05) is 6.92 Å². The van der Waals surface area contributed by atoms with E-state index in [4.69, 9.17) is 10.8 Å². The summed E-state index contributed by atoms with van der Waals surface area (Å²) in [5.74, 6) is 1.72. The molecule has 0 amide bonds. The molecule has 0 saturated carbocycles. The number of fused-ring (bicyclic) bond motifs is 1. The highest BCUT2D eigenvalue weighted by Crippen LogP contribution is 2.26. The Morgan fingerprint density at radius 2 is 2.40 bits per heavy atom. The van der Waals surface area contributed by atoms with Gasteiger partial charge in [0, 0.05) is 12.2 Å². The second kappa shape index (κ2) is 3.94. The molecule has 0 bridgehead atoms. The van der Waals surface area contributed by atoms with E-state index in [9.17, 15) is 0 Å². The molecule has 2 heterocycles. The molecule has 1 aliphatic rings. The fourth-order valence-corrected chi connectivity index (χ4v) is 2.31. The summed E-state index contributed by atoms with van der Waals surface area (Å²) in [6.07, 6.45) is 2.24. The number of nitrogens with zero attached hydrogens (tertiary/aromatic N) is 2. The topological polar surface area (TPSA) is 64.1 Å². The zero-order valence-corrected chi connectivity index (χ0v) is 9.40. The fourth-order valence-electron chi connectivity index (χ4n) is 2.31. The van der Waals surface area contributed by atoms with Crippen molar-refractivity contribution in [1.82, 2.24) is 9.55 Å². The zero-order chi connectivity index (χ0) is 11.0. The van der Waals surface area contributed by atoms with E-state index in [0.717, 1.165) is 24.5 Å². The first-order valence-electron chi connectivity index (χ1n) is 5.55. The third-order valence-corrected chi connectivity index (χ3v) is 3.23. The van der Waals surface area contributed by atoms with Gasteiger partial charge in [0.2, 0.25) is 0 Å². The fraction of sp³-hybridized carbons (Fsp3) is 0.727. The predicted molar refractivity (Wildman–Crippen MR) is 58.5 cm³/mol. The third-order valence-electron chi connectivity index (χ3n) is 3.23. The Balaban J connectivity index is 2.40. The molecule has 0 aromatic carbocycles. The second-order valence-corrected chi connectivity index (χ2v) is 4.53. The first-order valence-corrected chi connectivity index (χ1v) is 5.55. The van der Waals surface area contributed by atoms with E-state index in [1.807, 2.05) is 6.92 Å². The smallest absolute Gasteiger partial charge is 0.106 e. The molecule has 1 aliphatic heterocycles. The Kier molecular flexibility index (Phi) is 2.80. The molecule has 0 fully saturated rings. The van der Waals surface area contributed by atoms with Crippen LogP contribution in [0.5, 0.6) is 0 Å². The summed E-state index contributed by atoms with van der Waals surface area (Å²) in [6, 6.07) is -0.328. The second-order valence-electron chi connectivity index (χ2n) is 4.53. The normalized spacial score (nSPS) is 22.5. The molecule has 2 rings (SSSR count). The van der Waals surface area contributed by atoms with Crippen LogP contribution in [0.25, 0.3) is 0 Å². The molecule has 4 nitrogen and oxygen atoms in total. The van der Waals surface area contributed by atoms with Gasteiger partial charge in [-0.05, 0) is 25.7 Å². The highest BCUT2D eigenvalue weighted by Gasteiger charge is 2.24. The maximum Gasteiger partial charge on any atom is 0.106 e. The first-order chi connectivity index (χ1) is 7.13. The van der Waals surface area contributed by atoms with Crippen LogP contribution in [-0.4, -0.2) is 21.3 Å². The summed E-state index contributed by atoms with van der Waals surface area (Å²) in [5.41, 5.74) is 7.97. The number of hydrogen-bond acceptors (Lipinski definition) is 3. The highest BCUT2D eigenvalue weighted by molar-refractivity contribution is 5.22. The van der Waals surface area contributed by atoms with Crippen molar-refractivity contribution in [3.05, 3.63) is 17.2 Å². The molecule has 0 spiro atoms. The largest absolute Gasteiger partial charge is 0.394 e. The molecule has 2 atom stereocenters. The van der Waals surface area contributed by atoms with Gasteiger partial charge < -0.3 is 15.4 Å². The maximum absolute atomic E-state index is 9.09. The molecular formula is C11H19N3O. The Bertz CT molecular complexity index is 359. The molecule has 15 heavy (non-hydrogen) atoms.